The van der Waals surface area contributed by atoms with Crippen LogP contribution in [0.3, 0.4) is 0 Å². The maximum atomic E-state index is 12.1. The maximum Gasteiger partial charge on any atom is 0.244 e. The molecule has 0 saturated carbocycles. The number of hydrogen-bond donors (Lipinski definition) is 2. The van der Waals surface area contributed by atoms with Gasteiger partial charge in [0, 0.05) is 17.1 Å². The lowest BCUT2D eigenvalue weighted by atomic mass is 10.3. The van der Waals surface area contributed by atoms with E-state index in [0.29, 0.717) is 16.8 Å². The van der Waals surface area contributed by atoms with Crippen molar-refractivity contribution in [2.45, 2.75) is 17.9 Å². The number of halogens is 2. The topological polar surface area (TPSA) is 67.4 Å². The molecule has 0 aliphatic rings. The molecule has 1 atom stereocenters. The van der Waals surface area contributed by atoms with Gasteiger partial charge in [0.25, 0.3) is 0 Å². The summed E-state index contributed by atoms with van der Waals surface area (Å²) in [5.41, 5.74) is 0. The van der Waals surface area contributed by atoms with Crippen molar-refractivity contribution in [2.75, 3.05) is 20.7 Å². The minimum atomic E-state index is -3.58. The van der Waals surface area contributed by atoms with E-state index in [1.807, 2.05) is 6.92 Å². The normalized spacial score (nSPS) is 12.6. The summed E-state index contributed by atoms with van der Waals surface area (Å²) in [6, 6.07) is 4.91. The fourth-order valence-electron chi connectivity index (χ4n) is 1.28. The van der Waals surface area contributed by atoms with Crippen molar-refractivity contribution >= 4 is 38.4 Å². The number of hydrogen-bond acceptors (Lipinski definition) is 4. The fraction of sp³-hybridized carbons (Fsp3) is 0.455. The first-order chi connectivity index (χ1) is 8.40. The van der Waals surface area contributed by atoms with Gasteiger partial charge in [-0.15, -0.1) is 12.4 Å². The molecule has 8 heteroatoms. The van der Waals surface area contributed by atoms with Crippen molar-refractivity contribution in [3.05, 3.63) is 22.7 Å². The van der Waals surface area contributed by atoms with Crippen LogP contribution in [0.5, 0.6) is 5.75 Å². The molecular formula is C11H18BrClN2O3S. The third kappa shape index (κ3) is 5.27. The van der Waals surface area contributed by atoms with Crippen molar-refractivity contribution in [3.63, 3.8) is 0 Å². The van der Waals surface area contributed by atoms with Crippen LogP contribution in [-0.2, 0) is 10.0 Å². The van der Waals surface area contributed by atoms with Gasteiger partial charge in [0.1, 0.15) is 10.6 Å². The molecule has 0 saturated heterocycles. The van der Waals surface area contributed by atoms with Crippen LogP contribution in [0.25, 0.3) is 0 Å². The van der Waals surface area contributed by atoms with Gasteiger partial charge in [-0.1, -0.05) is 15.9 Å². The molecule has 5 nitrogen and oxygen atoms in total. The predicted octanol–water partition coefficient (Wildman–Crippen LogP) is 1.77. The van der Waals surface area contributed by atoms with Gasteiger partial charge in [0.2, 0.25) is 10.0 Å². The molecule has 110 valence electrons. The zero-order chi connectivity index (χ0) is 13.8. The van der Waals surface area contributed by atoms with E-state index in [1.165, 1.54) is 13.2 Å². The molecule has 0 heterocycles. The van der Waals surface area contributed by atoms with Gasteiger partial charge in [0.05, 0.1) is 7.11 Å². The Kier molecular flexibility index (Phi) is 7.92. The lowest BCUT2D eigenvalue weighted by Crippen LogP contribution is -2.37. The van der Waals surface area contributed by atoms with Crippen LogP contribution in [-0.4, -0.2) is 35.2 Å². The van der Waals surface area contributed by atoms with E-state index in [9.17, 15) is 8.42 Å². The molecule has 0 aliphatic heterocycles. The summed E-state index contributed by atoms with van der Waals surface area (Å²) in [4.78, 5) is 0.127. The highest BCUT2D eigenvalue weighted by atomic mass is 79.9. The fourth-order valence-corrected chi connectivity index (χ4v) is 3.11. The molecule has 0 aromatic heterocycles. The van der Waals surface area contributed by atoms with Crippen LogP contribution in [0.4, 0.5) is 0 Å². The lowest BCUT2D eigenvalue weighted by molar-refractivity contribution is 0.402. The Morgan fingerprint density at radius 3 is 2.58 bits per heavy atom. The van der Waals surface area contributed by atoms with Gasteiger partial charge in [-0.3, -0.25) is 0 Å². The largest absolute Gasteiger partial charge is 0.495 e. The highest BCUT2D eigenvalue weighted by Gasteiger charge is 2.20. The van der Waals surface area contributed by atoms with Gasteiger partial charge in [-0.05, 0) is 32.2 Å². The van der Waals surface area contributed by atoms with Gasteiger partial charge in [-0.2, -0.15) is 0 Å². The number of ether oxygens (including phenoxy) is 1. The average Bonchev–Trinajstić information content (AvgIpc) is 2.36. The molecule has 0 aliphatic carbocycles. The molecule has 0 radical (unpaired) electrons. The Balaban J connectivity index is 0.00000324. The van der Waals surface area contributed by atoms with Crippen LogP contribution in [0.2, 0.25) is 0 Å². The third-order valence-electron chi connectivity index (χ3n) is 2.49. The highest BCUT2D eigenvalue weighted by molar-refractivity contribution is 9.10. The van der Waals surface area contributed by atoms with E-state index in [4.69, 9.17) is 4.74 Å². The third-order valence-corrected chi connectivity index (χ3v) is 4.43. The minimum absolute atomic E-state index is 0. The summed E-state index contributed by atoms with van der Waals surface area (Å²) in [6.45, 7) is 2.20. The van der Waals surface area contributed by atoms with Crippen LogP contribution < -0.4 is 14.8 Å². The number of rotatable bonds is 6. The second-order valence-electron chi connectivity index (χ2n) is 3.84. The molecule has 19 heavy (non-hydrogen) atoms. The first kappa shape index (κ1) is 18.7. The number of sulfonamides is 1. The lowest BCUT2D eigenvalue weighted by Gasteiger charge is -2.14. The van der Waals surface area contributed by atoms with Gasteiger partial charge >= 0.3 is 0 Å². The van der Waals surface area contributed by atoms with Gasteiger partial charge in [-0.25, -0.2) is 13.1 Å². The molecule has 0 fully saturated rings. The zero-order valence-electron chi connectivity index (χ0n) is 10.9. The van der Waals surface area contributed by atoms with Gasteiger partial charge < -0.3 is 10.1 Å². The van der Waals surface area contributed by atoms with Crippen LogP contribution in [0.1, 0.15) is 6.92 Å². The van der Waals surface area contributed by atoms with E-state index >= 15 is 0 Å². The highest BCUT2D eigenvalue weighted by Crippen LogP contribution is 2.26. The van der Waals surface area contributed by atoms with E-state index in [-0.39, 0.29) is 23.3 Å². The van der Waals surface area contributed by atoms with Crippen LogP contribution in [0.15, 0.2) is 27.6 Å². The number of nitrogens with one attached hydrogen (secondary N) is 2. The van der Waals surface area contributed by atoms with Crippen molar-refractivity contribution in [1.82, 2.24) is 10.0 Å². The second kappa shape index (κ2) is 8.06. The Hall–Kier alpha value is -0.340. The molecule has 0 spiro atoms. The molecule has 0 bridgehead atoms. The Labute approximate surface area is 128 Å². The first-order valence-electron chi connectivity index (χ1n) is 5.41. The average molecular weight is 374 g/mol. The number of benzene rings is 1. The molecule has 1 aromatic carbocycles. The zero-order valence-corrected chi connectivity index (χ0v) is 14.2. The van der Waals surface area contributed by atoms with Crippen molar-refractivity contribution < 1.29 is 13.2 Å². The summed E-state index contributed by atoms with van der Waals surface area (Å²) >= 11 is 3.25. The smallest absolute Gasteiger partial charge is 0.244 e. The quantitative estimate of drug-likeness (QED) is 0.797. The monoisotopic (exact) mass is 372 g/mol. The molecular weight excluding hydrogens is 356 g/mol. The minimum Gasteiger partial charge on any atom is -0.495 e. The predicted molar refractivity (Wildman–Crippen MR) is 81.7 cm³/mol. The molecule has 2 N–H and O–H groups in total. The van der Waals surface area contributed by atoms with Crippen molar-refractivity contribution in [2.24, 2.45) is 0 Å². The summed E-state index contributed by atoms with van der Waals surface area (Å²) < 4.78 is 32.6. The van der Waals surface area contributed by atoms with E-state index in [0.717, 1.165) is 0 Å². The van der Waals surface area contributed by atoms with Crippen LogP contribution >= 0.6 is 28.3 Å². The molecule has 1 aromatic rings. The SMILES string of the molecule is CNC(C)CNS(=O)(=O)c1cc(Br)ccc1OC.Cl. The van der Waals surface area contributed by atoms with E-state index in [2.05, 4.69) is 26.0 Å². The molecule has 1 rings (SSSR count). The molecule has 1 unspecified atom stereocenters. The molecule has 0 amide bonds. The summed E-state index contributed by atoms with van der Waals surface area (Å²) in [6.07, 6.45) is 0. The van der Waals surface area contributed by atoms with Crippen molar-refractivity contribution in [3.8, 4) is 5.75 Å². The maximum absolute atomic E-state index is 12.1. The first-order valence-corrected chi connectivity index (χ1v) is 7.68. The Morgan fingerprint density at radius 1 is 1.42 bits per heavy atom. The van der Waals surface area contributed by atoms with Gasteiger partial charge in [0.15, 0.2) is 0 Å². The Bertz CT molecular complexity index is 511. The van der Waals surface area contributed by atoms with Crippen molar-refractivity contribution in [1.29, 1.82) is 0 Å². The summed E-state index contributed by atoms with van der Waals surface area (Å²) in [7, 11) is -0.356. The van der Waals surface area contributed by atoms with Crippen LogP contribution in [0, 0.1) is 0 Å². The summed E-state index contributed by atoms with van der Waals surface area (Å²) in [5, 5.41) is 2.96. The summed E-state index contributed by atoms with van der Waals surface area (Å²) in [5.74, 6) is 0.322. The second-order valence-corrected chi connectivity index (χ2v) is 6.49. The number of methoxy groups -OCH3 is 1. The van der Waals surface area contributed by atoms with E-state index < -0.39 is 10.0 Å². The Morgan fingerprint density at radius 2 is 2.05 bits per heavy atom. The van der Waals surface area contributed by atoms with E-state index in [1.54, 1.807) is 19.2 Å². The number of likely N-dealkylation sites (N-methyl/N-ethyl adjacent to an activating group) is 1. The standard InChI is InChI=1S/C11H17BrN2O3S.ClH/c1-8(13-2)7-14-18(15,16)11-6-9(12)4-5-10(11)17-3;/h4-6,8,13-14H,7H2,1-3H3;1H.